The molecule has 0 aliphatic carbocycles. The molecule has 3 nitrogen and oxygen atoms in total. The molecule has 0 aromatic heterocycles. The van der Waals surface area contributed by atoms with Gasteiger partial charge in [-0.05, 0) is 42.0 Å². The van der Waals surface area contributed by atoms with E-state index in [1.807, 2.05) is 12.1 Å². The molecule has 0 aliphatic heterocycles. The lowest BCUT2D eigenvalue weighted by Crippen LogP contribution is -2.24. The van der Waals surface area contributed by atoms with Crippen LogP contribution in [0.2, 0.25) is 5.02 Å². The highest BCUT2D eigenvalue weighted by molar-refractivity contribution is 7.80. The van der Waals surface area contributed by atoms with Crippen molar-refractivity contribution < 1.29 is 4.39 Å². The third kappa shape index (κ3) is 4.29. The standard InChI is InChI=1S/C14H11ClFN3S/c15-11-5-3-4-10(8-11)9-17-19-14(20)18-13-7-2-1-6-12(13)16/h1-9H,(H2,18,19,20)/b17-9-. The molecule has 0 saturated heterocycles. The normalized spacial score (nSPS) is 10.5. The quantitative estimate of drug-likeness (QED) is 0.514. The van der Waals surface area contributed by atoms with Crippen LogP contribution < -0.4 is 10.7 Å². The van der Waals surface area contributed by atoms with E-state index in [4.69, 9.17) is 23.8 Å². The summed E-state index contributed by atoms with van der Waals surface area (Å²) in [7, 11) is 0. The molecular weight excluding hydrogens is 297 g/mol. The van der Waals surface area contributed by atoms with E-state index in [1.165, 1.54) is 6.07 Å². The molecule has 0 atom stereocenters. The predicted molar refractivity (Wildman–Crippen MR) is 84.8 cm³/mol. The van der Waals surface area contributed by atoms with E-state index in [0.29, 0.717) is 10.7 Å². The van der Waals surface area contributed by atoms with Gasteiger partial charge in [-0.25, -0.2) is 4.39 Å². The summed E-state index contributed by atoms with van der Waals surface area (Å²) in [6, 6.07) is 13.5. The van der Waals surface area contributed by atoms with Gasteiger partial charge in [-0.1, -0.05) is 35.9 Å². The fraction of sp³-hybridized carbons (Fsp3) is 0. The van der Waals surface area contributed by atoms with Gasteiger partial charge in [0.05, 0.1) is 11.9 Å². The summed E-state index contributed by atoms with van der Waals surface area (Å²) in [6.07, 6.45) is 1.57. The van der Waals surface area contributed by atoms with Crippen molar-refractivity contribution in [3.63, 3.8) is 0 Å². The van der Waals surface area contributed by atoms with E-state index in [2.05, 4.69) is 15.8 Å². The van der Waals surface area contributed by atoms with E-state index < -0.39 is 0 Å². The Bertz CT molecular complexity index is 646. The highest BCUT2D eigenvalue weighted by atomic mass is 35.5. The van der Waals surface area contributed by atoms with Crippen LogP contribution in [-0.4, -0.2) is 11.3 Å². The van der Waals surface area contributed by atoms with Crippen molar-refractivity contribution in [3.05, 3.63) is 64.9 Å². The van der Waals surface area contributed by atoms with E-state index in [-0.39, 0.29) is 10.9 Å². The Balaban J connectivity index is 1.91. The maximum Gasteiger partial charge on any atom is 0.191 e. The number of para-hydroxylation sites is 1. The van der Waals surface area contributed by atoms with Crippen LogP contribution in [0.1, 0.15) is 5.56 Å². The monoisotopic (exact) mass is 307 g/mol. The average Bonchev–Trinajstić information content (AvgIpc) is 2.41. The van der Waals surface area contributed by atoms with Crippen molar-refractivity contribution >= 4 is 40.8 Å². The molecule has 0 radical (unpaired) electrons. The van der Waals surface area contributed by atoms with Gasteiger partial charge < -0.3 is 5.32 Å². The van der Waals surface area contributed by atoms with Crippen molar-refractivity contribution in [2.45, 2.75) is 0 Å². The Hall–Kier alpha value is -1.98. The molecule has 2 aromatic rings. The number of benzene rings is 2. The van der Waals surface area contributed by atoms with Crippen molar-refractivity contribution in [1.29, 1.82) is 0 Å². The van der Waals surface area contributed by atoms with Crippen LogP contribution >= 0.6 is 23.8 Å². The molecule has 0 amide bonds. The Kier molecular flexibility index (Phi) is 5.03. The predicted octanol–water partition coefficient (Wildman–Crippen LogP) is 3.80. The minimum atomic E-state index is -0.379. The number of hydrogen-bond acceptors (Lipinski definition) is 2. The van der Waals surface area contributed by atoms with Crippen LogP contribution in [0.3, 0.4) is 0 Å². The van der Waals surface area contributed by atoms with Crippen molar-refractivity contribution in [1.82, 2.24) is 5.43 Å². The highest BCUT2D eigenvalue weighted by Gasteiger charge is 2.01. The van der Waals surface area contributed by atoms with E-state index in [1.54, 1.807) is 36.5 Å². The molecule has 0 heterocycles. The summed E-state index contributed by atoms with van der Waals surface area (Å²) in [5.41, 5.74) is 3.73. The minimum absolute atomic E-state index is 0.202. The third-order valence-corrected chi connectivity index (χ3v) is 2.78. The average molecular weight is 308 g/mol. The Morgan fingerprint density at radius 2 is 2.00 bits per heavy atom. The minimum Gasteiger partial charge on any atom is -0.329 e. The lowest BCUT2D eigenvalue weighted by molar-refractivity contribution is 0.632. The summed E-state index contributed by atoms with van der Waals surface area (Å²) >= 11 is 10.9. The smallest absolute Gasteiger partial charge is 0.191 e. The molecule has 0 spiro atoms. The fourth-order valence-electron chi connectivity index (χ4n) is 1.47. The van der Waals surface area contributed by atoms with E-state index in [0.717, 1.165) is 5.56 Å². The zero-order valence-electron chi connectivity index (χ0n) is 10.3. The number of halogens is 2. The molecule has 102 valence electrons. The van der Waals surface area contributed by atoms with Gasteiger partial charge in [0.2, 0.25) is 0 Å². The molecule has 2 aromatic carbocycles. The molecule has 20 heavy (non-hydrogen) atoms. The molecular formula is C14H11ClFN3S. The summed E-state index contributed by atoms with van der Waals surface area (Å²) in [6.45, 7) is 0. The van der Waals surface area contributed by atoms with Crippen LogP contribution in [-0.2, 0) is 0 Å². The maximum atomic E-state index is 13.4. The van der Waals surface area contributed by atoms with Gasteiger partial charge in [-0.2, -0.15) is 5.10 Å². The number of anilines is 1. The van der Waals surface area contributed by atoms with E-state index >= 15 is 0 Å². The lowest BCUT2D eigenvalue weighted by atomic mass is 10.2. The van der Waals surface area contributed by atoms with Crippen molar-refractivity contribution in [2.24, 2.45) is 5.10 Å². The van der Waals surface area contributed by atoms with Crippen LogP contribution in [0.5, 0.6) is 0 Å². The van der Waals surface area contributed by atoms with Crippen molar-refractivity contribution in [3.8, 4) is 0 Å². The largest absolute Gasteiger partial charge is 0.329 e. The Morgan fingerprint density at radius 3 is 2.75 bits per heavy atom. The van der Waals surface area contributed by atoms with Gasteiger partial charge in [0.15, 0.2) is 5.11 Å². The maximum absolute atomic E-state index is 13.4. The van der Waals surface area contributed by atoms with Gasteiger partial charge in [0.25, 0.3) is 0 Å². The lowest BCUT2D eigenvalue weighted by Gasteiger charge is -2.07. The molecule has 0 saturated carbocycles. The fourth-order valence-corrected chi connectivity index (χ4v) is 1.83. The van der Waals surface area contributed by atoms with Gasteiger partial charge in [-0.15, -0.1) is 0 Å². The summed E-state index contributed by atoms with van der Waals surface area (Å²) in [4.78, 5) is 0. The van der Waals surface area contributed by atoms with Gasteiger partial charge in [0.1, 0.15) is 5.82 Å². The van der Waals surface area contributed by atoms with Crippen molar-refractivity contribution in [2.75, 3.05) is 5.32 Å². The van der Waals surface area contributed by atoms with Crippen LogP contribution in [0.25, 0.3) is 0 Å². The summed E-state index contributed by atoms with van der Waals surface area (Å²) < 4.78 is 13.4. The van der Waals surface area contributed by atoms with Gasteiger partial charge >= 0.3 is 0 Å². The number of hydrazone groups is 1. The first kappa shape index (κ1) is 14.4. The second kappa shape index (κ2) is 6.98. The van der Waals surface area contributed by atoms with Gasteiger partial charge in [-0.3, -0.25) is 5.43 Å². The Morgan fingerprint density at radius 1 is 1.20 bits per heavy atom. The summed E-state index contributed by atoms with van der Waals surface area (Å²) in [5.74, 6) is -0.379. The second-order valence-corrected chi connectivity index (χ2v) is 4.70. The topological polar surface area (TPSA) is 36.4 Å². The first-order chi connectivity index (χ1) is 9.65. The van der Waals surface area contributed by atoms with Gasteiger partial charge in [0, 0.05) is 5.02 Å². The first-order valence-electron chi connectivity index (χ1n) is 5.75. The number of hydrogen-bond donors (Lipinski definition) is 2. The zero-order chi connectivity index (χ0) is 14.4. The first-order valence-corrected chi connectivity index (χ1v) is 6.54. The van der Waals surface area contributed by atoms with E-state index in [9.17, 15) is 4.39 Å². The van der Waals surface area contributed by atoms with Crippen LogP contribution in [0.4, 0.5) is 10.1 Å². The molecule has 0 unspecified atom stereocenters. The number of nitrogens with one attached hydrogen (secondary N) is 2. The number of rotatable bonds is 3. The van der Waals surface area contributed by atoms with Crippen LogP contribution in [0.15, 0.2) is 53.6 Å². The molecule has 0 fully saturated rings. The molecule has 2 N–H and O–H groups in total. The summed E-state index contributed by atoms with van der Waals surface area (Å²) in [5, 5.41) is 7.49. The van der Waals surface area contributed by atoms with Crippen LogP contribution in [0, 0.1) is 5.82 Å². The molecule has 2 rings (SSSR count). The molecule has 0 bridgehead atoms. The highest BCUT2D eigenvalue weighted by Crippen LogP contribution is 2.12. The zero-order valence-corrected chi connectivity index (χ0v) is 11.9. The molecule has 0 aliphatic rings. The number of nitrogens with zero attached hydrogens (tertiary/aromatic N) is 1. The molecule has 6 heteroatoms. The third-order valence-electron chi connectivity index (χ3n) is 2.35. The second-order valence-electron chi connectivity index (χ2n) is 3.86. The number of thiocarbonyl (C=S) groups is 1. The Labute approximate surface area is 126 Å². The SMILES string of the molecule is Fc1ccccc1NC(=S)N/N=C\c1cccc(Cl)c1.